The van der Waals surface area contributed by atoms with Gasteiger partial charge in [0.1, 0.15) is 11.5 Å². The quantitative estimate of drug-likeness (QED) is 0.926. The number of nitrogens with one attached hydrogen (secondary N) is 1. The third-order valence-electron chi connectivity index (χ3n) is 2.13. The molecule has 1 heterocycles. The topological polar surface area (TPSA) is 54.9 Å². The van der Waals surface area contributed by atoms with Crippen LogP contribution in [0, 0.1) is 6.92 Å². The monoisotopic (exact) mass is 291 g/mol. The molecule has 0 unspecified atom stereocenters. The van der Waals surface area contributed by atoms with E-state index in [-0.39, 0.29) is 5.91 Å². The summed E-state index contributed by atoms with van der Waals surface area (Å²) in [5.74, 6) is 0.326. The summed E-state index contributed by atoms with van der Waals surface area (Å²) in [6, 6.07) is 9.00. The van der Waals surface area contributed by atoms with Gasteiger partial charge in [-0.25, -0.2) is 9.97 Å². The van der Waals surface area contributed by atoms with E-state index in [1.54, 1.807) is 19.2 Å². The second-order valence-electron chi connectivity index (χ2n) is 3.42. The van der Waals surface area contributed by atoms with Crippen LogP contribution in [0.15, 0.2) is 41.0 Å². The van der Waals surface area contributed by atoms with E-state index >= 15 is 0 Å². The Morgan fingerprint density at radius 3 is 2.76 bits per heavy atom. The fourth-order valence-electron chi connectivity index (χ4n) is 1.33. The minimum Gasteiger partial charge on any atom is -0.320 e. The van der Waals surface area contributed by atoms with E-state index in [0.29, 0.717) is 17.2 Å². The number of nitrogens with zero attached hydrogens (tertiary/aromatic N) is 2. The van der Waals surface area contributed by atoms with E-state index < -0.39 is 0 Å². The lowest BCUT2D eigenvalue weighted by atomic mass is 10.3. The van der Waals surface area contributed by atoms with Gasteiger partial charge in [-0.05, 0) is 41.1 Å². The van der Waals surface area contributed by atoms with Crippen LogP contribution in [0.2, 0.25) is 0 Å². The molecule has 0 bridgehead atoms. The lowest BCUT2D eigenvalue weighted by Gasteiger charge is -2.06. The number of hydrogen-bond donors (Lipinski definition) is 1. The van der Waals surface area contributed by atoms with Crippen LogP contribution < -0.4 is 5.32 Å². The van der Waals surface area contributed by atoms with Crippen LogP contribution in [-0.4, -0.2) is 15.9 Å². The van der Waals surface area contributed by atoms with Crippen molar-refractivity contribution in [1.29, 1.82) is 0 Å². The first-order chi connectivity index (χ1) is 8.16. The van der Waals surface area contributed by atoms with Crippen LogP contribution in [0.3, 0.4) is 0 Å². The van der Waals surface area contributed by atoms with Crippen LogP contribution in [0.4, 0.5) is 5.69 Å². The molecule has 5 heteroatoms. The van der Waals surface area contributed by atoms with E-state index in [1.807, 2.05) is 24.3 Å². The molecule has 86 valence electrons. The molecule has 1 aromatic heterocycles. The Bertz CT molecular complexity index is 557. The molecule has 0 fully saturated rings. The summed E-state index contributed by atoms with van der Waals surface area (Å²) in [7, 11) is 0. The largest absolute Gasteiger partial charge is 0.320 e. The molecule has 2 aromatic rings. The summed E-state index contributed by atoms with van der Waals surface area (Å²) in [4.78, 5) is 19.9. The summed E-state index contributed by atoms with van der Waals surface area (Å²) in [5.41, 5.74) is 1.07. The number of halogens is 1. The van der Waals surface area contributed by atoms with E-state index in [0.717, 1.165) is 4.47 Å². The second kappa shape index (κ2) is 5.05. The molecular weight excluding hydrogens is 282 g/mol. The summed E-state index contributed by atoms with van der Waals surface area (Å²) in [6.45, 7) is 1.75. The molecule has 1 N–H and O–H groups in total. The number of para-hydroxylation sites is 1. The van der Waals surface area contributed by atoms with Gasteiger partial charge in [0.2, 0.25) is 0 Å². The maximum atomic E-state index is 11.9. The Morgan fingerprint density at radius 1 is 1.29 bits per heavy atom. The van der Waals surface area contributed by atoms with Crippen molar-refractivity contribution in [2.75, 3.05) is 5.32 Å². The second-order valence-corrected chi connectivity index (χ2v) is 4.28. The number of aromatic nitrogens is 2. The van der Waals surface area contributed by atoms with E-state index in [1.165, 1.54) is 0 Å². The number of hydrogen-bond acceptors (Lipinski definition) is 3. The third kappa shape index (κ3) is 2.88. The maximum Gasteiger partial charge on any atom is 0.274 e. The minimum absolute atomic E-state index is 0.248. The van der Waals surface area contributed by atoms with Crippen molar-refractivity contribution in [3.05, 3.63) is 52.5 Å². The normalized spacial score (nSPS) is 10.0. The first-order valence-corrected chi connectivity index (χ1v) is 5.81. The molecular formula is C12H10BrN3O. The van der Waals surface area contributed by atoms with E-state index in [9.17, 15) is 4.79 Å². The van der Waals surface area contributed by atoms with Crippen LogP contribution in [0.25, 0.3) is 0 Å². The first kappa shape index (κ1) is 11.7. The van der Waals surface area contributed by atoms with Crippen LogP contribution >= 0.6 is 15.9 Å². The lowest BCUT2D eigenvalue weighted by Crippen LogP contribution is -2.14. The van der Waals surface area contributed by atoms with Gasteiger partial charge in [-0.1, -0.05) is 12.1 Å². The zero-order valence-electron chi connectivity index (χ0n) is 9.14. The molecule has 1 aromatic carbocycles. The molecule has 4 nitrogen and oxygen atoms in total. The van der Waals surface area contributed by atoms with Gasteiger partial charge in [-0.2, -0.15) is 0 Å². The molecule has 1 amide bonds. The zero-order chi connectivity index (χ0) is 12.3. The summed E-state index contributed by atoms with van der Waals surface area (Å²) in [5, 5.41) is 2.78. The van der Waals surface area contributed by atoms with Gasteiger partial charge in [0.15, 0.2) is 0 Å². The number of amides is 1. The highest BCUT2D eigenvalue weighted by Gasteiger charge is 2.09. The molecule has 0 aliphatic carbocycles. The van der Waals surface area contributed by atoms with Gasteiger partial charge in [0.05, 0.1) is 5.69 Å². The lowest BCUT2D eigenvalue weighted by molar-refractivity contribution is 0.102. The highest BCUT2D eigenvalue weighted by atomic mass is 79.9. The highest BCUT2D eigenvalue weighted by molar-refractivity contribution is 9.10. The minimum atomic E-state index is -0.248. The standard InChI is InChI=1S/C12H10BrN3O/c1-8-14-7-6-11(15-8)12(17)16-10-5-3-2-4-9(10)13/h2-7H,1H3,(H,16,17). The van der Waals surface area contributed by atoms with Gasteiger partial charge < -0.3 is 5.32 Å². The van der Waals surface area contributed by atoms with Crippen molar-refractivity contribution < 1.29 is 4.79 Å². The summed E-state index contributed by atoms with van der Waals surface area (Å²) < 4.78 is 0.833. The van der Waals surface area contributed by atoms with Gasteiger partial charge in [-0.3, -0.25) is 4.79 Å². The number of carbonyl (C=O) groups is 1. The molecule has 0 saturated carbocycles. The van der Waals surface area contributed by atoms with E-state index in [4.69, 9.17) is 0 Å². The Hall–Kier alpha value is -1.75. The third-order valence-corrected chi connectivity index (χ3v) is 2.82. The number of anilines is 1. The molecule has 0 saturated heterocycles. The molecule has 17 heavy (non-hydrogen) atoms. The Balaban J connectivity index is 2.20. The molecule has 2 rings (SSSR count). The molecule has 0 radical (unpaired) electrons. The molecule has 0 aliphatic rings. The van der Waals surface area contributed by atoms with Gasteiger partial charge in [0.25, 0.3) is 5.91 Å². The van der Waals surface area contributed by atoms with Gasteiger partial charge >= 0.3 is 0 Å². The van der Waals surface area contributed by atoms with E-state index in [2.05, 4.69) is 31.2 Å². The average Bonchev–Trinajstić information content (AvgIpc) is 2.32. The SMILES string of the molecule is Cc1nccc(C(=O)Nc2ccccc2Br)n1. The van der Waals surface area contributed by atoms with Crippen molar-refractivity contribution in [1.82, 2.24) is 9.97 Å². The van der Waals surface area contributed by atoms with Crippen molar-refractivity contribution >= 4 is 27.5 Å². The Morgan fingerprint density at radius 2 is 2.06 bits per heavy atom. The Labute approximate surface area is 107 Å². The van der Waals surface area contributed by atoms with Crippen molar-refractivity contribution in [3.63, 3.8) is 0 Å². The van der Waals surface area contributed by atoms with Gasteiger partial charge in [0, 0.05) is 10.7 Å². The number of carbonyl (C=O) groups excluding carboxylic acids is 1. The van der Waals surface area contributed by atoms with Crippen LogP contribution in [0.5, 0.6) is 0 Å². The predicted octanol–water partition coefficient (Wildman–Crippen LogP) is 2.80. The highest BCUT2D eigenvalue weighted by Crippen LogP contribution is 2.21. The van der Waals surface area contributed by atoms with Crippen molar-refractivity contribution in [2.45, 2.75) is 6.92 Å². The maximum absolute atomic E-state index is 11.9. The fraction of sp³-hybridized carbons (Fsp3) is 0.0833. The van der Waals surface area contributed by atoms with Gasteiger partial charge in [-0.15, -0.1) is 0 Å². The molecule has 0 spiro atoms. The zero-order valence-corrected chi connectivity index (χ0v) is 10.7. The number of benzene rings is 1. The van der Waals surface area contributed by atoms with Crippen LogP contribution in [-0.2, 0) is 0 Å². The number of aryl methyl sites for hydroxylation is 1. The van der Waals surface area contributed by atoms with Crippen molar-refractivity contribution in [2.24, 2.45) is 0 Å². The smallest absolute Gasteiger partial charge is 0.274 e. The van der Waals surface area contributed by atoms with Crippen LogP contribution in [0.1, 0.15) is 16.3 Å². The number of rotatable bonds is 2. The summed E-state index contributed by atoms with van der Waals surface area (Å²) in [6.07, 6.45) is 1.57. The fourth-order valence-corrected chi connectivity index (χ4v) is 1.72. The predicted molar refractivity (Wildman–Crippen MR) is 68.9 cm³/mol. The first-order valence-electron chi connectivity index (χ1n) is 5.02. The Kier molecular flexibility index (Phi) is 3.49. The molecule has 0 atom stereocenters. The molecule has 0 aliphatic heterocycles. The van der Waals surface area contributed by atoms with Crippen molar-refractivity contribution in [3.8, 4) is 0 Å². The summed E-state index contributed by atoms with van der Waals surface area (Å²) >= 11 is 3.36. The average molecular weight is 292 g/mol.